The van der Waals surface area contributed by atoms with Crippen LogP contribution in [0, 0.1) is 5.82 Å². The lowest BCUT2D eigenvalue weighted by molar-refractivity contribution is -0.120. The molecule has 1 aromatic heterocycles. The molecule has 2 aromatic carbocycles. The molecule has 2 heterocycles. The Hall–Kier alpha value is -3.41. The fourth-order valence-corrected chi connectivity index (χ4v) is 4.13. The summed E-state index contributed by atoms with van der Waals surface area (Å²) in [5.74, 6) is 1.33. The maximum Gasteiger partial charge on any atom is 0.226 e. The van der Waals surface area contributed by atoms with Crippen molar-refractivity contribution in [3.05, 3.63) is 77.7 Å². The molecule has 1 fully saturated rings. The lowest BCUT2D eigenvalue weighted by Crippen LogP contribution is -2.31. The van der Waals surface area contributed by atoms with Gasteiger partial charge in [-0.05, 0) is 73.7 Å². The van der Waals surface area contributed by atoms with Crippen LogP contribution in [0.25, 0.3) is 11.1 Å². The Morgan fingerprint density at radius 1 is 1.03 bits per heavy atom. The van der Waals surface area contributed by atoms with E-state index in [1.165, 1.54) is 18.6 Å². The van der Waals surface area contributed by atoms with Gasteiger partial charge in [-0.1, -0.05) is 38.1 Å². The summed E-state index contributed by atoms with van der Waals surface area (Å²) in [5.41, 5.74) is 3.59. The Balaban J connectivity index is 0.00000167. The molecule has 0 aliphatic carbocycles. The fraction of sp³-hybridized carbons (Fsp3) is 0.379. The Bertz CT molecular complexity index is 1080. The van der Waals surface area contributed by atoms with Gasteiger partial charge in [0.15, 0.2) is 0 Å². The molecule has 35 heavy (non-hydrogen) atoms. The fourth-order valence-electron chi connectivity index (χ4n) is 4.13. The topological polar surface area (TPSA) is 54.5 Å². The number of piperidine rings is 1. The minimum Gasteiger partial charge on any atom is -0.494 e. The number of hydrogen-bond acceptors (Lipinski definition) is 4. The summed E-state index contributed by atoms with van der Waals surface area (Å²) in [7, 11) is 0. The second-order valence-corrected chi connectivity index (χ2v) is 8.26. The maximum absolute atomic E-state index is 13.4. The molecular formula is C29H36FN3O2. The summed E-state index contributed by atoms with van der Waals surface area (Å²) in [4.78, 5) is 19.8. The van der Waals surface area contributed by atoms with Gasteiger partial charge in [0.25, 0.3) is 0 Å². The van der Waals surface area contributed by atoms with Crippen molar-refractivity contribution in [2.24, 2.45) is 0 Å². The second kappa shape index (κ2) is 13.5. The zero-order valence-electron chi connectivity index (χ0n) is 21.0. The number of carbonyl (C=O) groups excluding carboxylic acids is 1. The third kappa shape index (κ3) is 7.54. The number of nitrogens with one attached hydrogen (secondary N) is 1. The molecule has 4 rings (SSSR count). The number of ether oxygens (including phenoxy) is 1. The van der Waals surface area contributed by atoms with Crippen molar-refractivity contribution in [3.63, 3.8) is 0 Å². The van der Waals surface area contributed by atoms with Gasteiger partial charge in [-0.3, -0.25) is 4.79 Å². The van der Waals surface area contributed by atoms with E-state index in [-0.39, 0.29) is 18.1 Å². The van der Waals surface area contributed by atoms with Crippen LogP contribution in [0.1, 0.15) is 51.3 Å². The van der Waals surface area contributed by atoms with E-state index in [2.05, 4.69) is 28.4 Å². The van der Waals surface area contributed by atoms with Crippen LogP contribution in [-0.4, -0.2) is 30.6 Å². The number of benzene rings is 2. The minimum absolute atomic E-state index is 0.134. The highest BCUT2D eigenvalue weighted by Crippen LogP contribution is 2.32. The zero-order chi connectivity index (χ0) is 25.0. The molecule has 5 nitrogen and oxygen atoms in total. The molecule has 0 saturated carbocycles. The van der Waals surface area contributed by atoms with E-state index in [0.29, 0.717) is 13.2 Å². The number of nitrogens with zero attached hydrogens (tertiary/aromatic N) is 2. The van der Waals surface area contributed by atoms with Gasteiger partial charge < -0.3 is 15.0 Å². The number of anilines is 1. The first-order valence-corrected chi connectivity index (χ1v) is 12.6. The lowest BCUT2D eigenvalue weighted by Gasteiger charge is -2.30. The van der Waals surface area contributed by atoms with Gasteiger partial charge in [-0.15, -0.1) is 0 Å². The molecule has 0 spiro atoms. The normalized spacial score (nSPS) is 13.0. The summed E-state index contributed by atoms with van der Waals surface area (Å²) in [6, 6.07) is 18.3. The van der Waals surface area contributed by atoms with Gasteiger partial charge >= 0.3 is 0 Å². The summed E-state index contributed by atoms with van der Waals surface area (Å²) in [6.45, 7) is 8.83. The van der Waals surface area contributed by atoms with E-state index in [9.17, 15) is 9.18 Å². The predicted octanol–water partition coefficient (Wildman–Crippen LogP) is 6.16. The lowest BCUT2D eigenvalue weighted by atomic mass is 10.0. The van der Waals surface area contributed by atoms with Crippen molar-refractivity contribution in [2.45, 2.75) is 53.0 Å². The Kier molecular flexibility index (Phi) is 10.1. The second-order valence-electron chi connectivity index (χ2n) is 8.26. The standard InChI is InChI=1S/C27H30FN3O2.C2H6/c1-2-33-24-12-9-21(10-13-24)25-14-11-23(30-27(25)31-15-4-3-5-16-31)18-26(32)29-19-20-7-6-8-22(28)17-20;1-2/h6-14,17H,2-5,15-16,18-19H2,1H3,(H,29,32);1-2H3. The number of rotatable bonds is 8. The number of halogens is 1. The molecular weight excluding hydrogens is 441 g/mol. The summed E-state index contributed by atoms with van der Waals surface area (Å²) < 4.78 is 18.9. The number of carbonyl (C=O) groups is 1. The molecule has 0 bridgehead atoms. The van der Waals surface area contributed by atoms with Crippen LogP contribution in [0.2, 0.25) is 0 Å². The molecule has 6 heteroatoms. The van der Waals surface area contributed by atoms with Crippen molar-refractivity contribution in [3.8, 4) is 16.9 Å². The van der Waals surface area contributed by atoms with Gasteiger partial charge in [0.1, 0.15) is 17.4 Å². The van der Waals surface area contributed by atoms with E-state index >= 15 is 0 Å². The third-order valence-electron chi connectivity index (χ3n) is 5.79. The highest BCUT2D eigenvalue weighted by molar-refractivity contribution is 5.80. The van der Waals surface area contributed by atoms with Gasteiger partial charge in [-0.2, -0.15) is 0 Å². The first-order chi connectivity index (χ1) is 17.1. The van der Waals surface area contributed by atoms with E-state index < -0.39 is 0 Å². The molecule has 1 aliphatic heterocycles. The molecule has 0 radical (unpaired) electrons. The molecule has 186 valence electrons. The molecule has 1 saturated heterocycles. The number of amides is 1. The van der Waals surface area contributed by atoms with Crippen LogP contribution in [0.15, 0.2) is 60.7 Å². The van der Waals surface area contributed by atoms with E-state index in [0.717, 1.165) is 59.9 Å². The SMILES string of the molecule is CC.CCOc1ccc(-c2ccc(CC(=O)NCc3cccc(F)c3)nc2N2CCCCC2)cc1. The highest BCUT2D eigenvalue weighted by atomic mass is 19.1. The van der Waals surface area contributed by atoms with Crippen LogP contribution in [0.4, 0.5) is 10.2 Å². The average molecular weight is 478 g/mol. The summed E-state index contributed by atoms with van der Waals surface area (Å²) in [5, 5.41) is 2.87. The smallest absolute Gasteiger partial charge is 0.226 e. The van der Waals surface area contributed by atoms with Crippen LogP contribution in [0.5, 0.6) is 5.75 Å². The van der Waals surface area contributed by atoms with E-state index in [1.54, 1.807) is 12.1 Å². The molecule has 0 atom stereocenters. The van der Waals surface area contributed by atoms with Gasteiger partial charge in [0, 0.05) is 25.2 Å². The van der Waals surface area contributed by atoms with Crippen molar-refractivity contribution < 1.29 is 13.9 Å². The summed E-state index contributed by atoms with van der Waals surface area (Å²) >= 11 is 0. The number of pyridine rings is 1. The number of hydrogen-bond donors (Lipinski definition) is 1. The largest absolute Gasteiger partial charge is 0.494 e. The molecule has 1 N–H and O–H groups in total. The van der Waals surface area contributed by atoms with Crippen molar-refractivity contribution in [1.82, 2.24) is 10.3 Å². The van der Waals surface area contributed by atoms with Crippen LogP contribution in [0.3, 0.4) is 0 Å². The van der Waals surface area contributed by atoms with E-state index in [4.69, 9.17) is 9.72 Å². The van der Waals surface area contributed by atoms with Crippen molar-refractivity contribution in [2.75, 3.05) is 24.6 Å². The van der Waals surface area contributed by atoms with Crippen LogP contribution < -0.4 is 15.0 Å². The Labute approximate surface area is 208 Å². The predicted molar refractivity (Wildman–Crippen MR) is 140 cm³/mol. The molecule has 1 aliphatic rings. The van der Waals surface area contributed by atoms with Crippen LogP contribution in [-0.2, 0) is 17.8 Å². The first kappa shape index (κ1) is 26.2. The molecule has 0 unspecified atom stereocenters. The average Bonchev–Trinajstić information content (AvgIpc) is 2.90. The van der Waals surface area contributed by atoms with Crippen molar-refractivity contribution >= 4 is 11.7 Å². The zero-order valence-corrected chi connectivity index (χ0v) is 21.0. The Morgan fingerprint density at radius 2 is 1.77 bits per heavy atom. The monoisotopic (exact) mass is 477 g/mol. The van der Waals surface area contributed by atoms with Gasteiger partial charge in [0.2, 0.25) is 5.91 Å². The maximum atomic E-state index is 13.4. The number of aromatic nitrogens is 1. The molecule has 3 aromatic rings. The minimum atomic E-state index is -0.306. The highest BCUT2D eigenvalue weighted by Gasteiger charge is 2.18. The van der Waals surface area contributed by atoms with Gasteiger partial charge in [0.05, 0.1) is 18.7 Å². The van der Waals surface area contributed by atoms with E-state index in [1.807, 2.05) is 39.0 Å². The third-order valence-corrected chi connectivity index (χ3v) is 5.79. The van der Waals surface area contributed by atoms with Crippen molar-refractivity contribution in [1.29, 1.82) is 0 Å². The Morgan fingerprint density at radius 3 is 2.46 bits per heavy atom. The quantitative estimate of drug-likeness (QED) is 0.422. The van der Waals surface area contributed by atoms with Crippen LogP contribution >= 0.6 is 0 Å². The summed E-state index contributed by atoms with van der Waals surface area (Å²) in [6.07, 6.45) is 3.70. The molecule has 1 amide bonds. The first-order valence-electron chi connectivity index (χ1n) is 12.6. The van der Waals surface area contributed by atoms with Gasteiger partial charge in [-0.25, -0.2) is 9.37 Å².